The van der Waals surface area contributed by atoms with Crippen LogP contribution in [0.5, 0.6) is 5.75 Å². The second-order valence-electron chi connectivity index (χ2n) is 5.64. The number of para-hydroxylation sites is 2. The Morgan fingerprint density at radius 1 is 1.17 bits per heavy atom. The Balaban J connectivity index is 1.74. The van der Waals surface area contributed by atoms with E-state index in [0.29, 0.717) is 17.9 Å². The Morgan fingerprint density at radius 2 is 1.91 bits per heavy atom. The highest BCUT2D eigenvalue weighted by Gasteiger charge is 2.20. The predicted octanol–water partition coefficient (Wildman–Crippen LogP) is 3.52. The minimum Gasteiger partial charge on any atom is -0.490 e. The minimum atomic E-state index is -0.0841. The maximum atomic E-state index is 12.8. The van der Waals surface area contributed by atoms with E-state index < -0.39 is 0 Å². The first-order valence-electron chi connectivity index (χ1n) is 7.92. The second-order valence-corrected chi connectivity index (χ2v) is 5.64. The zero-order valence-corrected chi connectivity index (χ0v) is 13.3. The summed E-state index contributed by atoms with van der Waals surface area (Å²) in [6.07, 6.45) is 2.22. The lowest BCUT2D eigenvalue weighted by molar-refractivity contribution is 0.0672. The van der Waals surface area contributed by atoms with Crippen molar-refractivity contribution in [3.05, 3.63) is 60.2 Å². The van der Waals surface area contributed by atoms with E-state index in [2.05, 4.69) is 0 Å². The Labute approximate surface area is 136 Å². The van der Waals surface area contributed by atoms with Gasteiger partial charge in [-0.1, -0.05) is 30.3 Å². The molecule has 2 aromatic carbocycles. The van der Waals surface area contributed by atoms with Gasteiger partial charge in [0.15, 0.2) is 0 Å². The highest BCUT2D eigenvalue weighted by molar-refractivity contribution is 6.07. The van der Waals surface area contributed by atoms with E-state index in [0.717, 1.165) is 25.1 Å². The van der Waals surface area contributed by atoms with Crippen LogP contribution in [-0.2, 0) is 4.74 Å². The van der Waals surface area contributed by atoms with Crippen molar-refractivity contribution in [1.82, 2.24) is 0 Å². The van der Waals surface area contributed by atoms with Gasteiger partial charge in [0.2, 0.25) is 0 Å². The van der Waals surface area contributed by atoms with Gasteiger partial charge in [0.25, 0.3) is 5.91 Å². The fourth-order valence-corrected chi connectivity index (χ4v) is 2.68. The number of anilines is 1. The number of nitrogens with zero attached hydrogens (tertiary/aromatic N) is 1. The summed E-state index contributed by atoms with van der Waals surface area (Å²) in [4.78, 5) is 14.4. The van der Waals surface area contributed by atoms with E-state index in [1.54, 1.807) is 18.0 Å². The molecule has 120 valence electrons. The molecule has 2 aromatic rings. The topological polar surface area (TPSA) is 38.8 Å². The molecule has 0 aromatic heterocycles. The third-order valence-corrected chi connectivity index (χ3v) is 4.01. The molecule has 1 fully saturated rings. The van der Waals surface area contributed by atoms with Crippen molar-refractivity contribution >= 4 is 11.6 Å². The molecule has 4 nitrogen and oxygen atoms in total. The van der Waals surface area contributed by atoms with Crippen LogP contribution in [0, 0.1) is 0 Å². The number of hydrogen-bond acceptors (Lipinski definition) is 3. The quantitative estimate of drug-likeness (QED) is 0.848. The van der Waals surface area contributed by atoms with E-state index in [4.69, 9.17) is 9.47 Å². The second kappa shape index (κ2) is 7.29. The maximum absolute atomic E-state index is 12.8. The molecule has 1 aliphatic rings. The third kappa shape index (κ3) is 3.71. The lowest BCUT2D eigenvalue weighted by Gasteiger charge is -2.20. The molecule has 1 atom stereocenters. The van der Waals surface area contributed by atoms with Crippen LogP contribution in [0.2, 0.25) is 0 Å². The van der Waals surface area contributed by atoms with E-state index in [1.165, 1.54) is 0 Å². The molecular weight excluding hydrogens is 290 g/mol. The Bertz CT molecular complexity index is 651. The molecule has 3 rings (SSSR count). The van der Waals surface area contributed by atoms with Gasteiger partial charge in [-0.15, -0.1) is 0 Å². The van der Waals surface area contributed by atoms with Crippen LogP contribution in [0.3, 0.4) is 0 Å². The highest BCUT2D eigenvalue weighted by atomic mass is 16.5. The molecule has 4 heteroatoms. The monoisotopic (exact) mass is 311 g/mol. The summed E-state index contributed by atoms with van der Waals surface area (Å²) in [6, 6.07) is 16.9. The largest absolute Gasteiger partial charge is 0.490 e. The van der Waals surface area contributed by atoms with Gasteiger partial charge in [-0.25, -0.2) is 0 Å². The number of ether oxygens (including phenoxy) is 2. The molecule has 1 amide bonds. The number of carbonyl (C=O) groups is 1. The van der Waals surface area contributed by atoms with Gasteiger partial charge in [0, 0.05) is 19.3 Å². The Hall–Kier alpha value is -2.33. The summed E-state index contributed by atoms with van der Waals surface area (Å²) in [5, 5.41) is 0. The molecule has 0 radical (unpaired) electrons. The number of rotatable bonds is 5. The van der Waals surface area contributed by atoms with Crippen molar-refractivity contribution < 1.29 is 14.3 Å². The van der Waals surface area contributed by atoms with E-state index in [1.807, 2.05) is 48.5 Å². The molecule has 1 heterocycles. The first-order valence-corrected chi connectivity index (χ1v) is 7.92. The van der Waals surface area contributed by atoms with Crippen molar-refractivity contribution in [2.75, 3.05) is 25.2 Å². The highest BCUT2D eigenvalue weighted by Crippen LogP contribution is 2.23. The number of amides is 1. The van der Waals surface area contributed by atoms with Gasteiger partial charge in [-0.05, 0) is 37.1 Å². The molecule has 1 aliphatic heterocycles. The van der Waals surface area contributed by atoms with Crippen LogP contribution >= 0.6 is 0 Å². The SMILES string of the molecule is CN(C(=O)c1ccccc1OCC1CCCO1)c1ccccc1. The molecule has 1 unspecified atom stereocenters. The van der Waals surface area contributed by atoms with Crippen molar-refractivity contribution in [2.24, 2.45) is 0 Å². The maximum Gasteiger partial charge on any atom is 0.261 e. The van der Waals surface area contributed by atoms with E-state index in [9.17, 15) is 4.79 Å². The van der Waals surface area contributed by atoms with E-state index >= 15 is 0 Å². The first kappa shape index (κ1) is 15.6. The predicted molar refractivity (Wildman–Crippen MR) is 90.1 cm³/mol. The summed E-state index contributed by atoms with van der Waals surface area (Å²) in [5.74, 6) is 0.523. The van der Waals surface area contributed by atoms with Crippen LogP contribution in [0.4, 0.5) is 5.69 Å². The first-order chi connectivity index (χ1) is 11.3. The fourth-order valence-electron chi connectivity index (χ4n) is 2.68. The van der Waals surface area contributed by atoms with Crippen molar-refractivity contribution in [3.8, 4) is 5.75 Å². The van der Waals surface area contributed by atoms with Gasteiger partial charge in [-0.2, -0.15) is 0 Å². The van der Waals surface area contributed by atoms with Crippen LogP contribution in [0.1, 0.15) is 23.2 Å². The zero-order chi connectivity index (χ0) is 16.1. The van der Waals surface area contributed by atoms with Gasteiger partial charge >= 0.3 is 0 Å². The number of benzene rings is 2. The van der Waals surface area contributed by atoms with Crippen LogP contribution in [0.15, 0.2) is 54.6 Å². The lowest BCUT2D eigenvalue weighted by atomic mass is 10.1. The average molecular weight is 311 g/mol. The molecule has 0 spiro atoms. The average Bonchev–Trinajstić information content (AvgIpc) is 3.13. The van der Waals surface area contributed by atoms with Gasteiger partial charge in [-0.3, -0.25) is 4.79 Å². The zero-order valence-electron chi connectivity index (χ0n) is 13.3. The summed E-state index contributed by atoms with van der Waals surface area (Å²) in [5.41, 5.74) is 1.42. The smallest absolute Gasteiger partial charge is 0.261 e. The van der Waals surface area contributed by atoms with Crippen molar-refractivity contribution in [1.29, 1.82) is 0 Å². The molecule has 0 saturated carbocycles. The number of carbonyl (C=O) groups excluding carboxylic acids is 1. The molecule has 0 bridgehead atoms. The lowest BCUT2D eigenvalue weighted by Crippen LogP contribution is -2.27. The van der Waals surface area contributed by atoms with Gasteiger partial charge < -0.3 is 14.4 Å². The summed E-state index contributed by atoms with van der Waals surface area (Å²) < 4.78 is 11.4. The van der Waals surface area contributed by atoms with Crippen LogP contribution in [0.25, 0.3) is 0 Å². The molecule has 23 heavy (non-hydrogen) atoms. The molecule has 0 aliphatic carbocycles. The standard InChI is InChI=1S/C19H21NO3/c1-20(15-8-3-2-4-9-15)19(21)17-11-5-6-12-18(17)23-14-16-10-7-13-22-16/h2-6,8-9,11-12,16H,7,10,13-14H2,1H3. The summed E-state index contributed by atoms with van der Waals surface area (Å²) >= 11 is 0. The fraction of sp³-hybridized carbons (Fsp3) is 0.316. The van der Waals surface area contributed by atoms with Gasteiger partial charge in [0.05, 0.1) is 11.7 Å². The molecular formula is C19H21NO3. The third-order valence-electron chi connectivity index (χ3n) is 4.01. The van der Waals surface area contributed by atoms with Gasteiger partial charge in [0.1, 0.15) is 12.4 Å². The summed E-state index contributed by atoms with van der Waals surface area (Å²) in [7, 11) is 1.77. The van der Waals surface area contributed by atoms with Crippen LogP contribution in [-0.4, -0.2) is 32.3 Å². The van der Waals surface area contributed by atoms with Crippen molar-refractivity contribution in [3.63, 3.8) is 0 Å². The van der Waals surface area contributed by atoms with E-state index in [-0.39, 0.29) is 12.0 Å². The normalized spacial score (nSPS) is 17.0. The Morgan fingerprint density at radius 3 is 2.65 bits per heavy atom. The molecule has 0 N–H and O–H groups in total. The Kier molecular flexibility index (Phi) is 4.93. The number of hydrogen-bond donors (Lipinski definition) is 0. The van der Waals surface area contributed by atoms with Crippen LogP contribution < -0.4 is 9.64 Å². The van der Waals surface area contributed by atoms with Crippen molar-refractivity contribution in [2.45, 2.75) is 18.9 Å². The molecule has 1 saturated heterocycles. The summed E-state index contributed by atoms with van der Waals surface area (Å²) in [6.45, 7) is 1.28. The minimum absolute atomic E-state index is 0.0841.